The Kier molecular flexibility index (Phi) is 5.68. The number of rotatable bonds is 6. The molecule has 0 radical (unpaired) electrons. The van der Waals surface area contributed by atoms with Crippen molar-refractivity contribution in [3.05, 3.63) is 35.6 Å². The van der Waals surface area contributed by atoms with E-state index in [4.69, 9.17) is 8.94 Å². The van der Waals surface area contributed by atoms with E-state index in [2.05, 4.69) is 5.16 Å². The second kappa shape index (κ2) is 7.83. The number of carbonyl (C=O) groups excluding carboxylic acids is 1. The van der Waals surface area contributed by atoms with Gasteiger partial charge in [-0.25, -0.2) is 8.42 Å². The lowest BCUT2D eigenvalue weighted by Gasteiger charge is -2.34. The normalized spacial score (nSPS) is 16.6. The van der Waals surface area contributed by atoms with Crippen molar-refractivity contribution in [2.45, 2.75) is 25.3 Å². The first-order chi connectivity index (χ1) is 12.8. The Hall–Kier alpha value is -2.17. The summed E-state index contributed by atoms with van der Waals surface area (Å²) < 4.78 is 37.3. The second-order valence-electron chi connectivity index (χ2n) is 6.66. The highest BCUT2D eigenvalue weighted by molar-refractivity contribution is 7.89. The maximum Gasteiger partial charge on any atom is 0.248 e. The van der Waals surface area contributed by atoms with E-state index in [1.54, 1.807) is 38.1 Å². The van der Waals surface area contributed by atoms with Gasteiger partial charge in [0.05, 0.1) is 19.4 Å². The van der Waals surface area contributed by atoms with Crippen LogP contribution in [-0.2, 0) is 21.4 Å². The monoisotopic (exact) mass is 396 g/mol. The summed E-state index contributed by atoms with van der Waals surface area (Å²) in [5, 5.41) is 3.73. The van der Waals surface area contributed by atoms with Crippen LogP contribution in [0.2, 0.25) is 0 Å². The van der Waals surface area contributed by atoms with Gasteiger partial charge in [-0.15, -0.1) is 0 Å². The number of likely N-dealkylation sites (N-methyl/N-ethyl adjacent to an activating group) is 1. The zero-order valence-corrected chi connectivity index (χ0v) is 16.5. The largest absolute Gasteiger partial charge is 0.467 e. The molecule has 1 aliphatic rings. The molecule has 1 saturated heterocycles. The SMILES string of the molecule is Cc1noc(C)c1S(=O)(=O)N1CCN(CC(=O)N(C)Cc2ccco2)CC1. The Labute approximate surface area is 158 Å². The van der Waals surface area contributed by atoms with Crippen molar-refractivity contribution in [2.75, 3.05) is 39.8 Å². The van der Waals surface area contributed by atoms with Gasteiger partial charge in [-0.2, -0.15) is 4.31 Å². The smallest absolute Gasteiger partial charge is 0.248 e. The minimum Gasteiger partial charge on any atom is -0.467 e. The van der Waals surface area contributed by atoms with Gasteiger partial charge in [0.2, 0.25) is 15.9 Å². The number of sulfonamides is 1. The molecule has 148 valence electrons. The molecule has 27 heavy (non-hydrogen) atoms. The van der Waals surface area contributed by atoms with E-state index in [-0.39, 0.29) is 17.3 Å². The lowest BCUT2D eigenvalue weighted by atomic mass is 10.3. The fraction of sp³-hybridized carbons (Fsp3) is 0.529. The van der Waals surface area contributed by atoms with Gasteiger partial charge in [-0.1, -0.05) is 5.16 Å². The summed E-state index contributed by atoms with van der Waals surface area (Å²) in [5.41, 5.74) is 0.365. The van der Waals surface area contributed by atoms with Crippen LogP contribution in [0.25, 0.3) is 0 Å². The second-order valence-corrected chi connectivity index (χ2v) is 8.54. The third-order valence-corrected chi connectivity index (χ3v) is 6.80. The van der Waals surface area contributed by atoms with Gasteiger partial charge in [0, 0.05) is 33.2 Å². The number of aromatic nitrogens is 1. The van der Waals surface area contributed by atoms with Gasteiger partial charge in [-0.05, 0) is 26.0 Å². The summed E-state index contributed by atoms with van der Waals surface area (Å²) in [7, 11) is -1.91. The molecule has 3 rings (SSSR count). The lowest BCUT2D eigenvalue weighted by molar-refractivity contribution is -0.132. The number of carbonyl (C=O) groups is 1. The third-order valence-electron chi connectivity index (χ3n) is 4.65. The van der Waals surface area contributed by atoms with E-state index < -0.39 is 10.0 Å². The van der Waals surface area contributed by atoms with Crippen LogP contribution in [0, 0.1) is 13.8 Å². The maximum absolute atomic E-state index is 12.8. The zero-order valence-electron chi connectivity index (χ0n) is 15.7. The maximum atomic E-state index is 12.8. The van der Waals surface area contributed by atoms with Crippen molar-refractivity contribution >= 4 is 15.9 Å². The first-order valence-corrected chi connectivity index (χ1v) is 10.1. The molecule has 1 aliphatic heterocycles. The summed E-state index contributed by atoms with van der Waals surface area (Å²) in [6.45, 7) is 5.49. The van der Waals surface area contributed by atoms with Crippen LogP contribution in [0.15, 0.2) is 32.2 Å². The van der Waals surface area contributed by atoms with Crippen LogP contribution >= 0.6 is 0 Å². The molecule has 0 atom stereocenters. The highest BCUT2D eigenvalue weighted by Crippen LogP contribution is 2.24. The van der Waals surface area contributed by atoms with Crippen molar-refractivity contribution in [1.29, 1.82) is 0 Å². The molecule has 2 aromatic rings. The number of aryl methyl sites for hydroxylation is 2. The van der Waals surface area contributed by atoms with Crippen LogP contribution in [-0.4, -0.2) is 73.4 Å². The van der Waals surface area contributed by atoms with Crippen LogP contribution in [0.4, 0.5) is 0 Å². The van der Waals surface area contributed by atoms with E-state index in [1.165, 1.54) is 4.31 Å². The van der Waals surface area contributed by atoms with E-state index in [0.717, 1.165) is 5.76 Å². The zero-order chi connectivity index (χ0) is 19.6. The Bertz CT molecular complexity index is 863. The number of furan rings is 1. The van der Waals surface area contributed by atoms with Gasteiger partial charge in [0.1, 0.15) is 16.3 Å². The minimum atomic E-state index is -3.64. The molecule has 2 aromatic heterocycles. The minimum absolute atomic E-state index is 0.0339. The molecular formula is C17H24N4O5S. The number of piperazine rings is 1. The van der Waals surface area contributed by atoms with Crippen LogP contribution < -0.4 is 0 Å². The molecule has 0 saturated carbocycles. The fourth-order valence-corrected chi connectivity index (χ4v) is 4.85. The van der Waals surface area contributed by atoms with Crippen molar-refractivity contribution in [3.63, 3.8) is 0 Å². The number of nitrogens with zero attached hydrogens (tertiary/aromatic N) is 4. The highest BCUT2D eigenvalue weighted by atomic mass is 32.2. The van der Waals surface area contributed by atoms with Gasteiger partial charge < -0.3 is 13.8 Å². The molecule has 0 bridgehead atoms. The highest BCUT2D eigenvalue weighted by Gasteiger charge is 2.33. The molecule has 0 N–H and O–H groups in total. The molecule has 0 spiro atoms. The van der Waals surface area contributed by atoms with Crippen molar-refractivity contribution in [2.24, 2.45) is 0 Å². The Morgan fingerprint density at radius 2 is 1.96 bits per heavy atom. The molecule has 1 amide bonds. The molecule has 10 heteroatoms. The average Bonchev–Trinajstić information content (AvgIpc) is 3.25. The van der Waals surface area contributed by atoms with Gasteiger partial charge in [-0.3, -0.25) is 9.69 Å². The summed E-state index contributed by atoms with van der Waals surface area (Å²) in [5.74, 6) is 0.985. The summed E-state index contributed by atoms with van der Waals surface area (Å²) in [6, 6.07) is 3.61. The van der Waals surface area contributed by atoms with Gasteiger partial charge >= 0.3 is 0 Å². The van der Waals surface area contributed by atoms with E-state index in [1.807, 2.05) is 11.0 Å². The molecule has 9 nitrogen and oxygen atoms in total. The summed E-state index contributed by atoms with van der Waals surface area (Å²) in [6.07, 6.45) is 1.58. The van der Waals surface area contributed by atoms with Crippen molar-refractivity contribution < 1.29 is 22.2 Å². The van der Waals surface area contributed by atoms with Crippen molar-refractivity contribution in [3.8, 4) is 0 Å². The molecule has 3 heterocycles. The van der Waals surface area contributed by atoms with Crippen LogP contribution in [0.3, 0.4) is 0 Å². The van der Waals surface area contributed by atoms with Crippen molar-refractivity contribution in [1.82, 2.24) is 19.3 Å². The predicted octanol–water partition coefficient (Wildman–Crippen LogP) is 0.849. The molecule has 0 aliphatic carbocycles. The molecular weight excluding hydrogens is 372 g/mol. The first kappa shape index (κ1) is 19.6. The average molecular weight is 396 g/mol. The summed E-state index contributed by atoms with van der Waals surface area (Å²) in [4.78, 5) is 16.1. The predicted molar refractivity (Wildman–Crippen MR) is 96.4 cm³/mol. The third kappa shape index (κ3) is 4.23. The van der Waals surface area contributed by atoms with E-state index >= 15 is 0 Å². The number of amides is 1. The van der Waals surface area contributed by atoms with Crippen LogP contribution in [0.5, 0.6) is 0 Å². The fourth-order valence-electron chi connectivity index (χ4n) is 3.14. The first-order valence-electron chi connectivity index (χ1n) is 8.70. The van der Waals surface area contributed by atoms with Crippen LogP contribution in [0.1, 0.15) is 17.2 Å². The molecule has 0 aromatic carbocycles. The summed E-state index contributed by atoms with van der Waals surface area (Å²) >= 11 is 0. The molecule has 0 unspecified atom stereocenters. The standard InChI is InChI=1S/C17H24N4O5S/c1-13-17(14(2)26-18-13)27(23,24)21-8-6-20(7-9-21)12-16(22)19(3)11-15-5-4-10-25-15/h4-5,10H,6-9,11-12H2,1-3H3. The van der Waals surface area contributed by atoms with E-state index in [0.29, 0.717) is 44.2 Å². The van der Waals surface area contributed by atoms with Gasteiger partial charge in [0.15, 0.2) is 5.76 Å². The quantitative estimate of drug-likeness (QED) is 0.713. The number of hydrogen-bond acceptors (Lipinski definition) is 7. The van der Waals surface area contributed by atoms with Gasteiger partial charge in [0.25, 0.3) is 0 Å². The Morgan fingerprint density at radius 3 is 2.52 bits per heavy atom. The molecule has 1 fully saturated rings. The Balaban J connectivity index is 1.55. The lowest BCUT2D eigenvalue weighted by Crippen LogP contribution is -2.51. The Morgan fingerprint density at radius 1 is 1.26 bits per heavy atom. The van der Waals surface area contributed by atoms with E-state index in [9.17, 15) is 13.2 Å². The number of hydrogen-bond donors (Lipinski definition) is 0. The topological polar surface area (TPSA) is 100 Å².